The van der Waals surface area contributed by atoms with Gasteiger partial charge in [0.1, 0.15) is 11.6 Å². The van der Waals surface area contributed by atoms with Gasteiger partial charge in [-0.3, -0.25) is 14.5 Å². The summed E-state index contributed by atoms with van der Waals surface area (Å²) in [7, 11) is 0. The molecule has 1 saturated carbocycles. The normalized spacial score (nSPS) is 19.0. The number of nitrogens with zero attached hydrogens (tertiary/aromatic N) is 2. The molecule has 2 heterocycles. The van der Waals surface area contributed by atoms with Crippen molar-refractivity contribution >= 4 is 11.8 Å². The lowest BCUT2D eigenvalue weighted by atomic mass is 9.95. The quantitative estimate of drug-likeness (QED) is 0.791. The number of carbonyl (C=O) groups is 2. The zero-order valence-corrected chi connectivity index (χ0v) is 17.1. The van der Waals surface area contributed by atoms with E-state index in [0.717, 1.165) is 31.4 Å². The van der Waals surface area contributed by atoms with E-state index in [9.17, 15) is 14.0 Å². The first-order chi connectivity index (χ1) is 14.6. The zero-order chi connectivity index (χ0) is 20.9. The summed E-state index contributed by atoms with van der Waals surface area (Å²) in [6.07, 6.45) is 6.00. The Balaban J connectivity index is 1.39. The predicted octanol–water partition coefficient (Wildman–Crippen LogP) is 3.05. The fraction of sp³-hybridized carbons (Fsp3) is 0.478. The molecule has 2 aromatic rings. The number of furan rings is 1. The molecule has 160 valence electrons. The summed E-state index contributed by atoms with van der Waals surface area (Å²) in [6.45, 7) is 2.57. The number of amides is 2. The minimum atomic E-state index is -0.494. The second kappa shape index (κ2) is 9.43. The number of hydrogen-bond acceptors (Lipinski definition) is 4. The average molecular weight is 413 g/mol. The van der Waals surface area contributed by atoms with Crippen LogP contribution in [0.5, 0.6) is 0 Å². The molecule has 2 fully saturated rings. The lowest BCUT2D eigenvalue weighted by Crippen LogP contribution is -2.57. The molecule has 0 spiro atoms. The van der Waals surface area contributed by atoms with Crippen molar-refractivity contribution in [2.45, 2.75) is 38.3 Å². The van der Waals surface area contributed by atoms with Gasteiger partial charge in [-0.2, -0.15) is 0 Å². The van der Waals surface area contributed by atoms with Gasteiger partial charge in [0.25, 0.3) is 5.91 Å². The smallest absolute Gasteiger partial charge is 0.256 e. The molecule has 0 bridgehead atoms. The van der Waals surface area contributed by atoms with Crippen LogP contribution < -0.4 is 5.32 Å². The lowest BCUT2D eigenvalue weighted by molar-refractivity contribution is -0.129. The second-order valence-electron chi connectivity index (χ2n) is 8.09. The number of nitrogens with one attached hydrogen (secondary N) is 1. The molecule has 1 atom stereocenters. The summed E-state index contributed by atoms with van der Waals surface area (Å²) in [5.41, 5.74) is 0.106. The molecule has 1 N–H and O–H groups in total. The maximum Gasteiger partial charge on any atom is 0.256 e. The van der Waals surface area contributed by atoms with Gasteiger partial charge in [0, 0.05) is 26.2 Å². The van der Waals surface area contributed by atoms with Crippen LogP contribution in [0.15, 0.2) is 47.1 Å². The molecule has 0 radical (unpaired) electrons. The Morgan fingerprint density at radius 2 is 1.80 bits per heavy atom. The molecule has 4 rings (SSSR count). The molecular formula is C23H28FN3O3. The largest absolute Gasteiger partial charge is 0.467 e. The molecule has 1 aromatic carbocycles. The Hall–Kier alpha value is -2.67. The molecule has 2 amide bonds. The molecule has 7 heteroatoms. The van der Waals surface area contributed by atoms with Gasteiger partial charge in [0.05, 0.1) is 24.4 Å². The number of piperazine rings is 1. The summed E-state index contributed by atoms with van der Waals surface area (Å²) >= 11 is 0. The van der Waals surface area contributed by atoms with Crippen LogP contribution in [0.4, 0.5) is 4.39 Å². The third kappa shape index (κ3) is 4.56. The first kappa shape index (κ1) is 20.6. The van der Waals surface area contributed by atoms with E-state index in [0.29, 0.717) is 38.6 Å². The SMILES string of the molecule is O=C(NCc1ccco1)[C@@H](C1CCCC1)N1CCN(C(=O)c2ccccc2F)CC1. The van der Waals surface area contributed by atoms with Gasteiger partial charge in [-0.15, -0.1) is 0 Å². The standard InChI is InChI=1S/C23H28FN3O3/c24-20-10-4-3-9-19(20)23(29)27-13-11-26(12-14-27)21(17-6-1-2-7-17)22(28)25-16-18-8-5-15-30-18/h3-5,8-10,15,17,21H,1-2,6-7,11-14,16H2,(H,25,28)/t21-/m1/s1. The van der Waals surface area contributed by atoms with Gasteiger partial charge < -0.3 is 14.6 Å². The third-order valence-electron chi connectivity index (χ3n) is 6.23. The minimum absolute atomic E-state index is 0.0205. The van der Waals surface area contributed by atoms with Crippen molar-refractivity contribution in [2.75, 3.05) is 26.2 Å². The predicted molar refractivity (Wildman–Crippen MR) is 110 cm³/mol. The zero-order valence-electron chi connectivity index (χ0n) is 17.1. The maximum absolute atomic E-state index is 14.0. The van der Waals surface area contributed by atoms with E-state index in [2.05, 4.69) is 10.2 Å². The highest BCUT2D eigenvalue weighted by molar-refractivity contribution is 5.94. The fourth-order valence-electron chi connectivity index (χ4n) is 4.65. The summed E-state index contributed by atoms with van der Waals surface area (Å²) in [4.78, 5) is 29.7. The number of rotatable bonds is 6. The van der Waals surface area contributed by atoms with Crippen molar-refractivity contribution in [3.8, 4) is 0 Å². The first-order valence-corrected chi connectivity index (χ1v) is 10.7. The van der Waals surface area contributed by atoms with Gasteiger partial charge in [-0.05, 0) is 43.0 Å². The molecule has 1 aliphatic heterocycles. The van der Waals surface area contributed by atoms with Crippen molar-refractivity contribution in [3.05, 3.63) is 59.8 Å². The number of halogens is 1. The second-order valence-corrected chi connectivity index (χ2v) is 8.09. The Labute approximate surface area is 176 Å². The lowest BCUT2D eigenvalue weighted by Gasteiger charge is -2.40. The number of hydrogen-bond donors (Lipinski definition) is 1. The van der Waals surface area contributed by atoms with Crippen molar-refractivity contribution < 1.29 is 18.4 Å². The van der Waals surface area contributed by atoms with Crippen LogP contribution in [-0.2, 0) is 11.3 Å². The van der Waals surface area contributed by atoms with E-state index in [1.807, 2.05) is 12.1 Å². The summed E-state index contributed by atoms with van der Waals surface area (Å²) in [5, 5.41) is 3.02. The third-order valence-corrected chi connectivity index (χ3v) is 6.23. The highest BCUT2D eigenvalue weighted by atomic mass is 19.1. The first-order valence-electron chi connectivity index (χ1n) is 10.7. The van der Waals surface area contributed by atoms with E-state index < -0.39 is 5.82 Å². The Kier molecular flexibility index (Phi) is 6.47. The van der Waals surface area contributed by atoms with E-state index in [-0.39, 0.29) is 23.4 Å². The Morgan fingerprint density at radius 1 is 1.07 bits per heavy atom. The molecule has 1 aromatic heterocycles. The number of benzene rings is 1. The molecule has 1 saturated heterocycles. The van der Waals surface area contributed by atoms with Gasteiger partial charge in [0.15, 0.2) is 0 Å². The van der Waals surface area contributed by atoms with E-state index >= 15 is 0 Å². The number of carbonyl (C=O) groups excluding carboxylic acids is 2. The molecule has 6 nitrogen and oxygen atoms in total. The molecule has 30 heavy (non-hydrogen) atoms. The van der Waals surface area contributed by atoms with E-state index in [1.54, 1.807) is 23.3 Å². The molecule has 1 aliphatic carbocycles. The molecule has 2 aliphatic rings. The molecule has 0 unspecified atom stereocenters. The maximum atomic E-state index is 14.0. The minimum Gasteiger partial charge on any atom is -0.467 e. The molecular weight excluding hydrogens is 385 g/mol. The van der Waals surface area contributed by atoms with Gasteiger partial charge >= 0.3 is 0 Å². The van der Waals surface area contributed by atoms with Gasteiger partial charge in [0.2, 0.25) is 5.91 Å². The monoisotopic (exact) mass is 413 g/mol. The van der Waals surface area contributed by atoms with Crippen LogP contribution in [0.25, 0.3) is 0 Å². The van der Waals surface area contributed by atoms with Gasteiger partial charge in [-0.25, -0.2) is 4.39 Å². The van der Waals surface area contributed by atoms with Crippen LogP contribution in [0, 0.1) is 11.7 Å². The van der Waals surface area contributed by atoms with Crippen molar-refractivity contribution in [1.29, 1.82) is 0 Å². The van der Waals surface area contributed by atoms with E-state index in [4.69, 9.17) is 4.42 Å². The van der Waals surface area contributed by atoms with Crippen LogP contribution in [0.1, 0.15) is 41.8 Å². The van der Waals surface area contributed by atoms with Crippen molar-refractivity contribution in [3.63, 3.8) is 0 Å². The fourth-order valence-corrected chi connectivity index (χ4v) is 4.65. The van der Waals surface area contributed by atoms with Crippen LogP contribution in [0.2, 0.25) is 0 Å². The van der Waals surface area contributed by atoms with Crippen LogP contribution in [0.3, 0.4) is 0 Å². The van der Waals surface area contributed by atoms with Crippen LogP contribution in [-0.4, -0.2) is 53.8 Å². The average Bonchev–Trinajstić information content (AvgIpc) is 3.47. The highest BCUT2D eigenvalue weighted by Crippen LogP contribution is 2.31. The van der Waals surface area contributed by atoms with E-state index in [1.165, 1.54) is 12.1 Å². The summed E-state index contributed by atoms with van der Waals surface area (Å²) < 4.78 is 19.3. The Morgan fingerprint density at radius 3 is 2.47 bits per heavy atom. The van der Waals surface area contributed by atoms with Crippen molar-refractivity contribution in [1.82, 2.24) is 15.1 Å². The Bertz CT molecular complexity index is 856. The van der Waals surface area contributed by atoms with Crippen molar-refractivity contribution in [2.24, 2.45) is 5.92 Å². The summed E-state index contributed by atoms with van der Waals surface area (Å²) in [5.74, 6) is 0.301. The topological polar surface area (TPSA) is 65.8 Å². The summed E-state index contributed by atoms with van der Waals surface area (Å²) in [6, 6.07) is 9.54. The highest BCUT2D eigenvalue weighted by Gasteiger charge is 2.37. The van der Waals surface area contributed by atoms with Gasteiger partial charge in [-0.1, -0.05) is 25.0 Å². The van der Waals surface area contributed by atoms with Crippen LogP contribution >= 0.6 is 0 Å².